The van der Waals surface area contributed by atoms with E-state index in [1.165, 1.54) is 36.1 Å². The number of carbonyl (C=O) groups is 1. The van der Waals surface area contributed by atoms with Crippen LogP contribution in [0.25, 0.3) is 0 Å². The number of nitrogens with one attached hydrogen (secondary N) is 1. The van der Waals surface area contributed by atoms with Gasteiger partial charge in [-0.3, -0.25) is 9.59 Å². The minimum Gasteiger partial charge on any atom is -0.493 e. The fourth-order valence-corrected chi connectivity index (χ4v) is 2.23. The second-order valence-electron chi connectivity index (χ2n) is 5.33. The fourth-order valence-electron chi connectivity index (χ4n) is 2.23. The molecule has 140 valence electrons. The average molecular weight is 367 g/mol. The number of methoxy groups -OCH3 is 1. The third kappa shape index (κ3) is 5.01. The first-order valence-corrected chi connectivity index (χ1v) is 7.92. The van der Waals surface area contributed by atoms with Crippen molar-refractivity contribution >= 4 is 5.91 Å². The van der Waals surface area contributed by atoms with Gasteiger partial charge in [-0.2, -0.15) is 13.9 Å². The Morgan fingerprint density at radius 1 is 1.27 bits per heavy atom. The topological polar surface area (TPSA) is 82.5 Å². The number of aryl methyl sites for hydroxylation is 1. The molecule has 0 aliphatic carbocycles. The molecule has 0 bridgehead atoms. The largest absolute Gasteiger partial charge is 0.493 e. The molecular weight excluding hydrogens is 348 g/mol. The van der Waals surface area contributed by atoms with Crippen LogP contribution in [0.15, 0.2) is 35.1 Å². The van der Waals surface area contributed by atoms with Gasteiger partial charge in [0.05, 0.1) is 7.11 Å². The molecule has 1 heterocycles. The molecule has 0 aliphatic heterocycles. The Kier molecular flexibility index (Phi) is 6.65. The molecule has 0 saturated carbocycles. The second kappa shape index (κ2) is 8.93. The summed E-state index contributed by atoms with van der Waals surface area (Å²) in [6.07, 6.45) is 0.705. The number of hydrogen-bond donors (Lipinski definition) is 1. The van der Waals surface area contributed by atoms with Crippen molar-refractivity contribution in [3.8, 4) is 11.5 Å². The van der Waals surface area contributed by atoms with Crippen molar-refractivity contribution in [1.29, 1.82) is 0 Å². The maximum atomic E-state index is 12.5. The van der Waals surface area contributed by atoms with Crippen molar-refractivity contribution in [3.05, 3.63) is 51.9 Å². The molecule has 0 unspecified atom stereocenters. The summed E-state index contributed by atoms with van der Waals surface area (Å²) in [6.45, 7) is -0.620. The zero-order valence-corrected chi connectivity index (χ0v) is 14.4. The van der Waals surface area contributed by atoms with Gasteiger partial charge in [0.25, 0.3) is 11.5 Å². The van der Waals surface area contributed by atoms with Crippen LogP contribution >= 0.6 is 0 Å². The molecule has 1 aromatic heterocycles. The Morgan fingerprint density at radius 2 is 2.04 bits per heavy atom. The number of amides is 1. The number of hydrogen-bond acceptors (Lipinski definition) is 5. The van der Waals surface area contributed by atoms with Gasteiger partial charge in [0, 0.05) is 19.2 Å². The van der Waals surface area contributed by atoms with E-state index >= 15 is 0 Å². The second-order valence-corrected chi connectivity index (χ2v) is 5.33. The van der Waals surface area contributed by atoms with Crippen LogP contribution in [0.3, 0.4) is 0 Å². The molecule has 0 saturated heterocycles. The monoisotopic (exact) mass is 367 g/mol. The van der Waals surface area contributed by atoms with Gasteiger partial charge in [-0.1, -0.05) is 13.0 Å². The Balaban J connectivity index is 2.09. The highest BCUT2D eigenvalue weighted by atomic mass is 19.3. The van der Waals surface area contributed by atoms with Gasteiger partial charge in [0.1, 0.15) is 5.69 Å². The number of aromatic nitrogens is 2. The van der Waals surface area contributed by atoms with E-state index < -0.39 is 12.5 Å². The molecule has 1 aromatic carbocycles. The van der Waals surface area contributed by atoms with Crippen LogP contribution in [-0.2, 0) is 13.1 Å². The molecule has 9 heteroatoms. The highest BCUT2D eigenvalue weighted by Gasteiger charge is 2.13. The highest BCUT2D eigenvalue weighted by molar-refractivity contribution is 5.91. The van der Waals surface area contributed by atoms with Crippen molar-refractivity contribution in [3.63, 3.8) is 0 Å². The lowest BCUT2D eigenvalue weighted by Crippen LogP contribution is -2.29. The number of alkyl halides is 2. The Morgan fingerprint density at radius 3 is 2.69 bits per heavy atom. The van der Waals surface area contributed by atoms with Gasteiger partial charge >= 0.3 is 6.61 Å². The van der Waals surface area contributed by atoms with Crippen molar-refractivity contribution < 1.29 is 23.0 Å². The first-order chi connectivity index (χ1) is 12.4. The molecule has 1 amide bonds. The number of nitrogens with zero attached hydrogens (tertiary/aromatic N) is 2. The molecule has 0 spiro atoms. The lowest BCUT2D eigenvalue weighted by Gasteiger charge is -2.12. The zero-order chi connectivity index (χ0) is 19.1. The first kappa shape index (κ1) is 19.4. The standard InChI is InChI=1S/C17H19F2N3O4/c1-3-8-22-15(23)7-5-12(21-22)16(24)20-10-11-4-6-13(25-2)14(9-11)26-17(18)19/h4-7,9,17H,3,8,10H2,1-2H3,(H,20,24). The maximum absolute atomic E-state index is 12.5. The number of carbonyl (C=O) groups excluding carboxylic acids is 1. The third-order valence-corrected chi connectivity index (χ3v) is 3.43. The van der Waals surface area contributed by atoms with E-state index in [0.717, 1.165) is 0 Å². The van der Waals surface area contributed by atoms with Gasteiger partial charge in [0.15, 0.2) is 11.5 Å². The van der Waals surface area contributed by atoms with Crippen molar-refractivity contribution in [2.24, 2.45) is 0 Å². The van der Waals surface area contributed by atoms with E-state index in [9.17, 15) is 18.4 Å². The summed E-state index contributed by atoms with van der Waals surface area (Å²) >= 11 is 0. The van der Waals surface area contributed by atoms with E-state index in [-0.39, 0.29) is 29.3 Å². The maximum Gasteiger partial charge on any atom is 0.387 e. The summed E-state index contributed by atoms with van der Waals surface area (Å²) < 4.78 is 35.5. The Hall–Kier alpha value is -2.97. The minimum atomic E-state index is -2.99. The summed E-state index contributed by atoms with van der Waals surface area (Å²) in [4.78, 5) is 23.8. The lowest BCUT2D eigenvalue weighted by atomic mass is 10.2. The normalized spacial score (nSPS) is 10.7. The smallest absolute Gasteiger partial charge is 0.387 e. The van der Waals surface area contributed by atoms with Crippen molar-refractivity contribution in [1.82, 2.24) is 15.1 Å². The fraction of sp³-hybridized carbons (Fsp3) is 0.353. The predicted molar refractivity (Wildman–Crippen MR) is 89.6 cm³/mol. The summed E-state index contributed by atoms with van der Waals surface area (Å²) in [6, 6.07) is 7.06. The molecular formula is C17H19F2N3O4. The first-order valence-electron chi connectivity index (χ1n) is 7.92. The van der Waals surface area contributed by atoms with Crippen LogP contribution in [0, 0.1) is 0 Å². The zero-order valence-electron chi connectivity index (χ0n) is 14.4. The van der Waals surface area contributed by atoms with Crippen LogP contribution < -0.4 is 20.3 Å². The van der Waals surface area contributed by atoms with Crippen molar-refractivity contribution in [2.75, 3.05) is 7.11 Å². The van der Waals surface area contributed by atoms with Crippen LogP contribution in [0.1, 0.15) is 29.4 Å². The SMILES string of the molecule is CCCn1nc(C(=O)NCc2ccc(OC)c(OC(F)F)c2)ccc1=O. The average Bonchev–Trinajstić information content (AvgIpc) is 2.61. The lowest BCUT2D eigenvalue weighted by molar-refractivity contribution is -0.0512. The van der Waals surface area contributed by atoms with Gasteiger partial charge in [-0.15, -0.1) is 0 Å². The van der Waals surface area contributed by atoms with Crippen LogP contribution in [0.5, 0.6) is 11.5 Å². The molecule has 0 radical (unpaired) electrons. The van der Waals surface area contributed by atoms with E-state index in [4.69, 9.17) is 4.74 Å². The molecule has 0 atom stereocenters. The highest BCUT2D eigenvalue weighted by Crippen LogP contribution is 2.29. The van der Waals surface area contributed by atoms with E-state index in [2.05, 4.69) is 15.2 Å². The van der Waals surface area contributed by atoms with E-state index in [1.54, 1.807) is 6.07 Å². The van der Waals surface area contributed by atoms with E-state index in [0.29, 0.717) is 18.5 Å². The van der Waals surface area contributed by atoms with Gasteiger partial charge < -0.3 is 14.8 Å². The van der Waals surface area contributed by atoms with Gasteiger partial charge in [-0.05, 0) is 30.2 Å². The molecule has 1 N–H and O–H groups in total. The van der Waals surface area contributed by atoms with Gasteiger partial charge in [-0.25, -0.2) is 4.68 Å². The predicted octanol–water partition coefficient (Wildman–Crippen LogP) is 2.19. The van der Waals surface area contributed by atoms with E-state index in [1.807, 2.05) is 6.92 Å². The molecule has 0 fully saturated rings. The quantitative estimate of drug-likeness (QED) is 0.773. The number of benzene rings is 1. The number of ether oxygens (including phenoxy) is 2. The molecule has 2 rings (SSSR count). The molecule has 7 nitrogen and oxygen atoms in total. The summed E-state index contributed by atoms with van der Waals surface area (Å²) in [5.74, 6) is -0.445. The van der Waals surface area contributed by atoms with Gasteiger partial charge in [0.2, 0.25) is 0 Å². The third-order valence-electron chi connectivity index (χ3n) is 3.43. The summed E-state index contributed by atoms with van der Waals surface area (Å²) in [7, 11) is 1.34. The molecule has 2 aromatic rings. The summed E-state index contributed by atoms with van der Waals surface area (Å²) in [5.41, 5.74) is 0.347. The van der Waals surface area contributed by atoms with Crippen LogP contribution in [-0.4, -0.2) is 29.4 Å². The number of rotatable bonds is 8. The van der Waals surface area contributed by atoms with Crippen molar-refractivity contribution in [2.45, 2.75) is 33.0 Å². The summed E-state index contributed by atoms with van der Waals surface area (Å²) in [5, 5.41) is 6.63. The Bertz CT molecular complexity index is 824. The minimum absolute atomic E-state index is 0.0665. The Labute approximate surface area is 148 Å². The molecule has 26 heavy (non-hydrogen) atoms. The van der Waals surface area contributed by atoms with Crippen LogP contribution in [0.2, 0.25) is 0 Å². The van der Waals surface area contributed by atoms with Crippen LogP contribution in [0.4, 0.5) is 8.78 Å². The molecule has 0 aliphatic rings. The number of halogens is 2.